The molecule has 9 heteroatoms. The van der Waals surface area contributed by atoms with Crippen molar-refractivity contribution in [2.24, 2.45) is 5.92 Å². The van der Waals surface area contributed by atoms with Crippen molar-refractivity contribution in [1.82, 2.24) is 19.6 Å². The molecule has 3 atom stereocenters. The number of aliphatic hydroxyl groups excluding tert-OH is 1. The van der Waals surface area contributed by atoms with Crippen LogP contribution in [0.4, 0.5) is 10.2 Å². The standard InChI is InChI=1S/C24H30FN5O3/c1-3-16(9-19(31)15-33-2)10-22(32)20-14-27-30-8-6-23(28-24(20)30)29-7-4-5-21(29)17-11-18(25)13-26-12-17/h6,8,11-14,16,19,21,31H,3-5,7,9-10,15H2,1-2H3. The second kappa shape index (κ2) is 10.4. The van der Waals surface area contributed by atoms with Crippen molar-refractivity contribution in [1.29, 1.82) is 0 Å². The quantitative estimate of drug-likeness (QED) is 0.467. The van der Waals surface area contributed by atoms with Gasteiger partial charge in [0.2, 0.25) is 0 Å². The molecule has 4 heterocycles. The first-order valence-corrected chi connectivity index (χ1v) is 11.4. The van der Waals surface area contributed by atoms with E-state index in [4.69, 9.17) is 9.72 Å². The Labute approximate surface area is 192 Å². The number of Topliss-reactive ketones (excluding diaryl/α,β-unsaturated/α-hetero) is 1. The van der Waals surface area contributed by atoms with Crippen LogP contribution in [0.5, 0.6) is 0 Å². The summed E-state index contributed by atoms with van der Waals surface area (Å²) >= 11 is 0. The zero-order valence-electron chi connectivity index (χ0n) is 19.0. The summed E-state index contributed by atoms with van der Waals surface area (Å²) in [6.45, 7) is 3.06. The molecular weight excluding hydrogens is 425 g/mol. The fourth-order valence-corrected chi connectivity index (χ4v) is 4.63. The molecular formula is C24H30FN5O3. The van der Waals surface area contributed by atoms with E-state index in [2.05, 4.69) is 15.0 Å². The highest BCUT2D eigenvalue weighted by Gasteiger charge is 2.29. The Morgan fingerprint density at radius 3 is 2.97 bits per heavy atom. The summed E-state index contributed by atoms with van der Waals surface area (Å²) in [6, 6.07) is 3.37. The lowest BCUT2D eigenvalue weighted by atomic mass is 9.92. The predicted octanol–water partition coefficient (Wildman–Crippen LogP) is 3.60. The van der Waals surface area contributed by atoms with Gasteiger partial charge < -0.3 is 14.7 Å². The third-order valence-electron chi connectivity index (χ3n) is 6.33. The maximum Gasteiger partial charge on any atom is 0.168 e. The number of aromatic nitrogens is 4. The Balaban J connectivity index is 1.56. The number of ether oxygens (including phenoxy) is 1. The van der Waals surface area contributed by atoms with Crippen LogP contribution in [0.3, 0.4) is 0 Å². The molecule has 0 aromatic carbocycles. The maximum atomic E-state index is 13.7. The van der Waals surface area contributed by atoms with Gasteiger partial charge in [0.1, 0.15) is 11.6 Å². The minimum Gasteiger partial charge on any atom is -0.391 e. The van der Waals surface area contributed by atoms with Crippen LogP contribution in [0.25, 0.3) is 5.65 Å². The van der Waals surface area contributed by atoms with Gasteiger partial charge in [0.25, 0.3) is 0 Å². The summed E-state index contributed by atoms with van der Waals surface area (Å²) in [5.41, 5.74) is 1.80. The Morgan fingerprint density at radius 2 is 2.21 bits per heavy atom. The zero-order valence-corrected chi connectivity index (χ0v) is 19.0. The maximum absolute atomic E-state index is 13.7. The molecule has 0 bridgehead atoms. The van der Waals surface area contributed by atoms with E-state index in [1.54, 1.807) is 30.2 Å². The molecule has 33 heavy (non-hydrogen) atoms. The van der Waals surface area contributed by atoms with Crippen LogP contribution in [-0.4, -0.2) is 56.8 Å². The van der Waals surface area contributed by atoms with Gasteiger partial charge in [-0.05, 0) is 42.9 Å². The van der Waals surface area contributed by atoms with Gasteiger partial charge in [-0.15, -0.1) is 0 Å². The number of ketones is 1. The third-order valence-corrected chi connectivity index (χ3v) is 6.33. The molecule has 3 aromatic heterocycles. The lowest BCUT2D eigenvalue weighted by molar-refractivity contribution is 0.0463. The van der Waals surface area contributed by atoms with Crippen LogP contribution in [-0.2, 0) is 4.74 Å². The van der Waals surface area contributed by atoms with E-state index in [-0.39, 0.29) is 30.2 Å². The second-order valence-electron chi connectivity index (χ2n) is 8.65. The van der Waals surface area contributed by atoms with E-state index in [0.29, 0.717) is 24.1 Å². The SMILES string of the molecule is CCC(CC(=O)c1cnn2ccc(N3CCCC3c3cncc(F)c3)nc12)CC(O)COC. The largest absolute Gasteiger partial charge is 0.391 e. The molecule has 1 saturated heterocycles. The number of methoxy groups -OCH3 is 1. The summed E-state index contributed by atoms with van der Waals surface area (Å²) in [4.78, 5) is 24.0. The van der Waals surface area contributed by atoms with Gasteiger partial charge in [0.05, 0.1) is 36.7 Å². The van der Waals surface area contributed by atoms with Crippen molar-refractivity contribution in [2.45, 2.75) is 51.2 Å². The number of pyridine rings is 1. The minimum absolute atomic E-state index is 0.0167. The second-order valence-corrected chi connectivity index (χ2v) is 8.65. The lowest BCUT2D eigenvalue weighted by Gasteiger charge is -2.26. The molecule has 3 unspecified atom stereocenters. The molecule has 1 aliphatic rings. The summed E-state index contributed by atoms with van der Waals surface area (Å²) in [5.74, 6) is 0.376. The number of fused-ring (bicyclic) bond motifs is 1. The average Bonchev–Trinajstić information content (AvgIpc) is 3.45. The van der Waals surface area contributed by atoms with Crippen molar-refractivity contribution in [3.8, 4) is 0 Å². The predicted molar refractivity (Wildman–Crippen MR) is 122 cm³/mol. The van der Waals surface area contributed by atoms with Crippen LogP contribution < -0.4 is 4.90 Å². The average molecular weight is 456 g/mol. The van der Waals surface area contributed by atoms with Gasteiger partial charge in [-0.25, -0.2) is 13.9 Å². The normalized spacial score (nSPS) is 18.1. The van der Waals surface area contributed by atoms with Gasteiger partial charge in [-0.1, -0.05) is 13.3 Å². The van der Waals surface area contributed by atoms with E-state index in [1.807, 2.05) is 13.0 Å². The number of halogens is 1. The Morgan fingerprint density at radius 1 is 1.36 bits per heavy atom. The summed E-state index contributed by atoms with van der Waals surface area (Å²) < 4.78 is 20.4. The number of hydrogen-bond acceptors (Lipinski definition) is 7. The Hall–Kier alpha value is -2.91. The summed E-state index contributed by atoms with van der Waals surface area (Å²) in [6.07, 6.45) is 9.10. The van der Waals surface area contributed by atoms with Crippen LogP contribution in [0.2, 0.25) is 0 Å². The highest BCUT2D eigenvalue weighted by atomic mass is 19.1. The van der Waals surface area contributed by atoms with Gasteiger partial charge in [-0.3, -0.25) is 9.78 Å². The molecule has 1 aliphatic heterocycles. The highest BCUT2D eigenvalue weighted by molar-refractivity contribution is 6.01. The van der Waals surface area contributed by atoms with Crippen LogP contribution in [0, 0.1) is 11.7 Å². The van der Waals surface area contributed by atoms with E-state index in [1.165, 1.54) is 12.3 Å². The Bertz CT molecular complexity index is 1100. The minimum atomic E-state index is -0.592. The van der Waals surface area contributed by atoms with Gasteiger partial charge in [0, 0.05) is 32.5 Å². The Kier molecular flexibility index (Phi) is 7.29. The monoisotopic (exact) mass is 455 g/mol. The topological polar surface area (TPSA) is 92.9 Å². The lowest BCUT2D eigenvalue weighted by Crippen LogP contribution is -2.24. The molecule has 0 amide bonds. The number of carbonyl (C=O) groups is 1. The first-order valence-electron chi connectivity index (χ1n) is 11.4. The number of rotatable bonds is 10. The van der Waals surface area contributed by atoms with Crippen molar-refractivity contribution in [3.63, 3.8) is 0 Å². The van der Waals surface area contributed by atoms with Crippen LogP contribution in [0.1, 0.15) is 61.0 Å². The van der Waals surface area contributed by atoms with Crippen LogP contribution >= 0.6 is 0 Å². The molecule has 8 nitrogen and oxygen atoms in total. The zero-order chi connectivity index (χ0) is 23.4. The smallest absolute Gasteiger partial charge is 0.168 e. The molecule has 4 rings (SSSR count). The number of nitrogens with zero attached hydrogens (tertiary/aromatic N) is 5. The van der Waals surface area contributed by atoms with E-state index < -0.39 is 6.10 Å². The first kappa shape index (κ1) is 23.3. The third kappa shape index (κ3) is 5.20. The fraction of sp³-hybridized carbons (Fsp3) is 0.500. The highest BCUT2D eigenvalue weighted by Crippen LogP contribution is 2.35. The van der Waals surface area contributed by atoms with E-state index >= 15 is 0 Å². The van der Waals surface area contributed by atoms with Crippen molar-refractivity contribution in [3.05, 3.63) is 53.9 Å². The van der Waals surface area contributed by atoms with Crippen molar-refractivity contribution >= 4 is 17.2 Å². The number of hydrogen-bond donors (Lipinski definition) is 1. The number of carbonyl (C=O) groups excluding carboxylic acids is 1. The van der Waals surface area contributed by atoms with E-state index in [9.17, 15) is 14.3 Å². The molecule has 0 spiro atoms. The molecule has 1 N–H and O–H groups in total. The molecule has 176 valence electrons. The van der Waals surface area contributed by atoms with Gasteiger partial charge in [0.15, 0.2) is 11.4 Å². The fourth-order valence-electron chi connectivity index (χ4n) is 4.63. The summed E-state index contributed by atoms with van der Waals surface area (Å²) in [7, 11) is 1.55. The van der Waals surface area contributed by atoms with E-state index in [0.717, 1.165) is 37.2 Å². The van der Waals surface area contributed by atoms with Gasteiger partial charge >= 0.3 is 0 Å². The molecule has 1 fully saturated rings. The van der Waals surface area contributed by atoms with Crippen LogP contribution in [0.15, 0.2) is 36.9 Å². The van der Waals surface area contributed by atoms with Crippen molar-refractivity contribution < 1.29 is 19.0 Å². The van der Waals surface area contributed by atoms with Gasteiger partial charge in [-0.2, -0.15) is 5.10 Å². The number of anilines is 1. The number of aliphatic hydroxyl groups is 1. The first-order chi connectivity index (χ1) is 16.0. The van der Waals surface area contributed by atoms with Crippen molar-refractivity contribution in [2.75, 3.05) is 25.2 Å². The summed E-state index contributed by atoms with van der Waals surface area (Å²) in [5, 5.41) is 14.4. The molecule has 0 aliphatic carbocycles. The molecule has 0 saturated carbocycles. The molecule has 3 aromatic rings. The molecule has 0 radical (unpaired) electrons.